The number of rotatable bonds is 5. The molecular weight excluding hydrogens is 440 g/mol. The maximum atomic E-state index is 12.0. The standard InChI is InChI=1S/C13H22N2O4.C8H14N2O2.ClH/c1-11(2,3)19-10(17)14-13-6-12(7-13,8-13)9(16)15(4)18-5;1-10(12-2)6(11)7-3-8(9,4-7)5-7;/h6-8H2,1-5H3,(H,14,17);3-5,9H2,1-2H3;1H. The Bertz CT molecular complexity index is 743. The summed E-state index contributed by atoms with van der Waals surface area (Å²) >= 11 is 0. The van der Waals surface area contributed by atoms with E-state index in [1.54, 1.807) is 14.1 Å². The molecule has 6 fully saturated rings. The minimum absolute atomic E-state index is 0. The summed E-state index contributed by atoms with van der Waals surface area (Å²) in [5, 5.41) is 5.44. The zero-order chi connectivity index (χ0) is 23.5. The van der Waals surface area contributed by atoms with Gasteiger partial charge in [-0.15, -0.1) is 12.4 Å². The van der Waals surface area contributed by atoms with Gasteiger partial charge in [0.1, 0.15) is 5.60 Å². The first kappa shape index (κ1) is 26.6. The van der Waals surface area contributed by atoms with Gasteiger partial charge in [0.05, 0.1) is 25.0 Å². The number of ether oxygens (including phenoxy) is 1. The summed E-state index contributed by atoms with van der Waals surface area (Å²) in [6, 6.07) is 0. The highest BCUT2D eigenvalue weighted by Crippen LogP contribution is 2.68. The molecule has 3 amide bonds. The second kappa shape index (κ2) is 8.30. The molecule has 0 atom stereocenters. The van der Waals surface area contributed by atoms with Crippen LogP contribution in [0, 0.1) is 10.8 Å². The van der Waals surface area contributed by atoms with E-state index in [2.05, 4.69) is 5.32 Å². The second-order valence-electron chi connectivity index (χ2n) is 10.9. The zero-order valence-corrected chi connectivity index (χ0v) is 20.9. The van der Waals surface area contributed by atoms with E-state index in [0.29, 0.717) is 19.3 Å². The number of nitrogens with one attached hydrogen (secondary N) is 1. The lowest BCUT2D eigenvalue weighted by Gasteiger charge is -2.69. The predicted octanol–water partition coefficient (Wildman–Crippen LogP) is 1.76. The number of carbonyl (C=O) groups is 3. The summed E-state index contributed by atoms with van der Waals surface area (Å²) < 4.78 is 5.23. The van der Waals surface area contributed by atoms with Crippen LogP contribution in [0.1, 0.15) is 59.3 Å². The molecule has 6 saturated carbocycles. The first-order valence-electron chi connectivity index (χ1n) is 10.6. The van der Waals surface area contributed by atoms with E-state index >= 15 is 0 Å². The molecule has 0 aromatic carbocycles. The Hall–Kier alpha value is -1.62. The smallest absolute Gasteiger partial charge is 0.408 e. The van der Waals surface area contributed by atoms with Crippen molar-refractivity contribution in [2.24, 2.45) is 16.6 Å². The van der Waals surface area contributed by atoms with Crippen molar-refractivity contribution in [3.05, 3.63) is 0 Å². The number of nitrogens with two attached hydrogens (primary N) is 1. The molecule has 0 aromatic heterocycles. The Morgan fingerprint density at radius 3 is 1.53 bits per heavy atom. The average molecular weight is 477 g/mol. The van der Waals surface area contributed by atoms with Crippen molar-refractivity contribution in [1.29, 1.82) is 0 Å². The Morgan fingerprint density at radius 2 is 1.22 bits per heavy atom. The van der Waals surface area contributed by atoms with Crippen LogP contribution in [0.3, 0.4) is 0 Å². The fourth-order valence-electron chi connectivity index (χ4n) is 5.59. The molecule has 0 aromatic rings. The highest BCUT2D eigenvalue weighted by atomic mass is 35.5. The van der Waals surface area contributed by atoms with E-state index in [-0.39, 0.29) is 46.1 Å². The SMILES string of the molecule is CON(C)C(=O)C12CC(N)(C1)C2.CON(C)C(=O)C12CC(NC(=O)OC(C)(C)C)(C1)C2.Cl. The van der Waals surface area contributed by atoms with Gasteiger partial charge in [-0.2, -0.15) is 0 Å². The van der Waals surface area contributed by atoms with Crippen LogP contribution in [0.15, 0.2) is 0 Å². The molecule has 0 spiro atoms. The number of alkyl carbamates (subject to hydrolysis) is 1. The highest BCUT2D eigenvalue weighted by Gasteiger charge is 2.73. The third-order valence-corrected chi connectivity index (χ3v) is 6.89. The van der Waals surface area contributed by atoms with E-state index in [1.165, 1.54) is 24.3 Å². The van der Waals surface area contributed by atoms with Gasteiger partial charge in [-0.3, -0.25) is 19.3 Å². The molecule has 4 bridgehead atoms. The molecule has 0 saturated heterocycles. The topological polar surface area (TPSA) is 123 Å². The normalized spacial score (nSPS) is 35.0. The minimum atomic E-state index is -0.503. The van der Waals surface area contributed by atoms with Crippen molar-refractivity contribution in [2.75, 3.05) is 28.3 Å². The quantitative estimate of drug-likeness (QED) is 0.579. The third kappa shape index (κ3) is 4.55. The number of hydrogen-bond acceptors (Lipinski definition) is 7. The van der Waals surface area contributed by atoms with Crippen molar-refractivity contribution < 1.29 is 28.8 Å². The molecule has 6 aliphatic rings. The van der Waals surface area contributed by atoms with Crippen LogP contribution in [0.4, 0.5) is 4.79 Å². The fraction of sp³-hybridized carbons (Fsp3) is 0.857. The molecule has 32 heavy (non-hydrogen) atoms. The van der Waals surface area contributed by atoms with Gasteiger partial charge in [0.25, 0.3) is 11.8 Å². The van der Waals surface area contributed by atoms with Crippen molar-refractivity contribution in [3.63, 3.8) is 0 Å². The third-order valence-electron chi connectivity index (χ3n) is 6.89. The van der Waals surface area contributed by atoms with Gasteiger partial charge in [0.2, 0.25) is 0 Å². The molecule has 3 N–H and O–H groups in total. The molecule has 6 rings (SSSR count). The fourth-order valence-corrected chi connectivity index (χ4v) is 5.59. The Balaban J connectivity index is 0.000000241. The average Bonchev–Trinajstić information content (AvgIpc) is 2.56. The largest absolute Gasteiger partial charge is 0.444 e. The molecule has 0 aliphatic heterocycles. The van der Waals surface area contributed by atoms with Gasteiger partial charge >= 0.3 is 6.09 Å². The van der Waals surface area contributed by atoms with Crippen LogP contribution >= 0.6 is 12.4 Å². The van der Waals surface area contributed by atoms with Crippen LogP contribution in [-0.2, 0) is 24.0 Å². The van der Waals surface area contributed by atoms with Gasteiger partial charge in [-0.1, -0.05) is 0 Å². The van der Waals surface area contributed by atoms with Crippen LogP contribution in [0.2, 0.25) is 0 Å². The highest BCUT2D eigenvalue weighted by molar-refractivity contribution is 5.87. The number of carbonyl (C=O) groups excluding carboxylic acids is 3. The summed E-state index contributed by atoms with van der Waals surface area (Å²) in [5.41, 5.74) is 4.60. The maximum Gasteiger partial charge on any atom is 0.408 e. The molecule has 184 valence electrons. The van der Waals surface area contributed by atoms with Gasteiger partial charge in [-0.05, 0) is 59.3 Å². The first-order valence-corrected chi connectivity index (χ1v) is 10.6. The monoisotopic (exact) mass is 476 g/mol. The number of hydroxylamine groups is 4. The van der Waals surface area contributed by atoms with Crippen LogP contribution in [-0.4, -0.2) is 73.0 Å². The number of amides is 3. The Kier molecular flexibility index (Phi) is 6.91. The van der Waals surface area contributed by atoms with Crippen LogP contribution in [0.25, 0.3) is 0 Å². The molecule has 11 heteroatoms. The molecule has 10 nitrogen and oxygen atoms in total. The summed E-state index contributed by atoms with van der Waals surface area (Å²) in [5.74, 6) is 0.0696. The van der Waals surface area contributed by atoms with Gasteiger partial charge in [-0.25, -0.2) is 14.9 Å². The number of nitrogens with zero attached hydrogens (tertiary/aromatic N) is 2. The van der Waals surface area contributed by atoms with Gasteiger partial charge in [0.15, 0.2) is 0 Å². The lowest BCUT2D eigenvalue weighted by atomic mass is 9.39. The minimum Gasteiger partial charge on any atom is -0.444 e. The van der Waals surface area contributed by atoms with E-state index in [4.69, 9.17) is 20.1 Å². The van der Waals surface area contributed by atoms with E-state index in [1.807, 2.05) is 20.8 Å². The molecular formula is C21H37ClN4O6. The van der Waals surface area contributed by atoms with E-state index < -0.39 is 11.7 Å². The van der Waals surface area contributed by atoms with Crippen LogP contribution < -0.4 is 11.1 Å². The van der Waals surface area contributed by atoms with E-state index in [0.717, 1.165) is 19.3 Å². The molecule has 6 aliphatic carbocycles. The number of halogens is 1. The lowest BCUT2D eigenvalue weighted by molar-refractivity contribution is -0.219. The van der Waals surface area contributed by atoms with Crippen molar-refractivity contribution in [3.8, 4) is 0 Å². The first-order chi connectivity index (χ1) is 14.1. The van der Waals surface area contributed by atoms with Crippen molar-refractivity contribution >= 4 is 30.3 Å². The van der Waals surface area contributed by atoms with E-state index in [9.17, 15) is 14.4 Å². The zero-order valence-electron chi connectivity index (χ0n) is 20.1. The predicted molar refractivity (Wildman–Crippen MR) is 118 cm³/mol. The maximum absolute atomic E-state index is 12.0. The van der Waals surface area contributed by atoms with Crippen molar-refractivity contribution in [2.45, 2.75) is 76.0 Å². The van der Waals surface area contributed by atoms with Gasteiger partial charge in [0, 0.05) is 25.2 Å². The summed E-state index contributed by atoms with van der Waals surface area (Å²) in [7, 11) is 6.22. The lowest BCUT2D eigenvalue weighted by Crippen LogP contribution is -2.78. The summed E-state index contributed by atoms with van der Waals surface area (Å²) in [6.45, 7) is 5.48. The van der Waals surface area contributed by atoms with Crippen molar-refractivity contribution in [1.82, 2.24) is 15.4 Å². The molecule has 0 unspecified atom stereocenters. The number of hydrogen-bond donors (Lipinski definition) is 2. The van der Waals surface area contributed by atoms with Crippen LogP contribution in [0.5, 0.6) is 0 Å². The summed E-state index contributed by atoms with van der Waals surface area (Å²) in [4.78, 5) is 45.1. The molecule has 0 heterocycles. The van der Waals surface area contributed by atoms with Gasteiger partial charge < -0.3 is 15.8 Å². The summed E-state index contributed by atoms with van der Waals surface area (Å²) in [6.07, 6.45) is 4.13. The Labute approximate surface area is 195 Å². The second-order valence-corrected chi connectivity index (χ2v) is 10.9. The Morgan fingerprint density at radius 1 is 0.844 bits per heavy atom. The molecule has 0 radical (unpaired) electrons.